The fourth-order valence-electron chi connectivity index (χ4n) is 1.72. The summed E-state index contributed by atoms with van der Waals surface area (Å²) in [5.41, 5.74) is -0.547. The first-order chi connectivity index (χ1) is 9.61. The van der Waals surface area contributed by atoms with Crippen molar-refractivity contribution >= 4 is 37.1 Å². The summed E-state index contributed by atoms with van der Waals surface area (Å²) in [4.78, 5) is 9.58. The number of rotatable bonds is 4. The van der Waals surface area contributed by atoms with Crippen molar-refractivity contribution in [2.45, 2.75) is 10.9 Å². The Balaban J connectivity index is 2.31. The van der Waals surface area contributed by atoms with Crippen molar-refractivity contribution in [3.05, 3.63) is 44.8 Å². The third kappa shape index (κ3) is 3.59. The second-order valence-electron chi connectivity index (χ2n) is 4.26. The van der Waals surface area contributed by atoms with Gasteiger partial charge < -0.3 is 0 Å². The van der Waals surface area contributed by atoms with E-state index in [1.807, 2.05) is 0 Å². The third-order valence-electron chi connectivity index (χ3n) is 2.66. The van der Waals surface area contributed by atoms with Crippen LogP contribution in [0.25, 0.3) is 0 Å². The lowest BCUT2D eigenvalue weighted by Crippen LogP contribution is -2.35. The molecule has 0 bridgehead atoms. The van der Waals surface area contributed by atoms with Gasteiger partial charge in [0.1, 0.15) is 5.02 Å². The van der Waals surface area contributed by atoms with Crippen LogP contribution in [-0.2, 0) is 19.9 Å². The van der Waals surface area contributed by atoms with Gasteiger partial charge in [-0.1, -0.05) is 17.7 Å². The monoisotopic (exact) mass is 352 g/mol. The van der Waals surface area contributed by atoms with Gasteiger partial charge in [-0.15, -0.1) is 0 Å². The fourth-order valence-corrected chi connectivity index (χ4v) is 4.45. The number of halogens is 1. The van der Waals surface area contributed by atoms with Crippen LogP contribution in [0.2, 0.25) is 5.02 Å². The SMILES string of the molecule is O=[N+]([O-])c1cc(S(=O)(=O)NC2C=CS(=O)(=O)C2)ccc1Cl. The highest BCUT2D eigenvalue weighted by Crippen LogP contribution is 2.27. The highest BCUT2D eigenvalue weighted by Gasteiger charge is 2.28. The van der Waals surface area contributed by atoms with E-state index in [0.29, 0.717) is 0 Å². The van der Waals surface area contributed by atoms with Crippen LogP contribution in [-0.4, -0.2) is 33.6 Å². The predicted octanol–water partition coefficient (Wildman–Crippen LogP) is 0.837. The van der Waals surface area contributed by atoms with Gasteiger partial charge in [0.15, 0.2) is 9.84 Å². The van der Waals surface area contributed by atoms with Gasteiger partial charge >= 0.3 is 0 Å². The molecule has 1 aliphatic rings. The van der Waals surface area contributed by atoms with E-state index in [9.17, 15) is 26.9 Å². The van der Waals surface area contributed by atoms with Crippen molar-refractivity contribution in [3.8, 4) is 0 Å². The van der Waals surface area contributed by atoms with E-state index >= 15 is 0 Å². The summed E-state index contributed by atoms with van der Waals surface area (Å²) in [5, 5.41) is 11.5. The second kappa shape index (κ2) is 5.37. The number of nitro groups is 1. The molecule has 0 radical (unpaired) electrons. The Kier molecular flexibility index (Phi) is 4.06. The molecule has 8 nitrogen and oxygen atoms in total. The molecule has 0 amide bonds. The average molecular weight is 353 g/mol. The van der Waals surface area contributed by atoms with Crippen LogP contribution in [0.1, 0.15) is 0 Å². The number of nitro benzene ring substituents is 1. The summed E-state index contributed by atoms with van der Waals surface area (Å²) in [6.45, 7) is 0. The standard InChI is InChI=1S/C10H9ClN2O6S2/c11-9-2-1-8(5-10(9)13(14)15)21(18,19)12-7-3-4-20(16,17)6-7/h1-5,7,12H,6H2. The van der Waals surface area contributed by atoms with Gasteiger partial charge in [0.2, 0.25) is 10.0 Å². The minimum atomic E-state index is -4.10. The molecule has 1 aromatic rings. The Hall–Kier alpha value is -1.49. The molecule has 0 spiro atoms. The molecule has 0 saturated carbocycles. The molecule has 1 unspecified atom stereocenters. The number of hydrogen-bond donors (Lipinski definition) is 1. The maximum Gasteiger partial charge on any atom is 0.289 e. The molecule has 0 aromatic heterocycles. The first-order valence-electron chi connectivity index (χ1n) is 5.48. The molecule has 0 saturated heterocycles. The molecule has 21 heavy (non-hydrogen) atoms. The Morgan fingerprint density at radius 1 is 1.38 bits per heavy atom. The maximum atomic E-state index is 12.1. The smallest absolute Gasteiger partial charge is 0.258 e. The molecule has 114 valence electrons. The third-order valence-corrected chi connectivity index (χ3v) is 5.86. The molecular weight excluding hydrogens is 344 g/mol. The summed E-state index contributed by atoms with van der Waals surface area (Å²) in [6.07, 6.45) is 1.21. The highest BCUT2D eigenvalue weighted by atomic mass is 35.5. The number of sulfone groups is 1. The van der Waals surface area contributed by atoms with Crippen molar-refractivity contribution in [1.29, 1.82) is 0 Å². The van der Waals surface area contributed by atoms with Crippen molar-refractivity contribution in [2.75, 3.05) is 5.75 Å². The maximum absolute atomic E-state index is 12.1. The molecule has 1 aliphatic heterocycles. The van der Waals surface area contributed by atoms with E-state index in [1.165, 1.54) is 6.08 Å². The van der Waals surface area contributed by atoms with E-state index in [1.54, 1.807) is 0 Å². The van der Waals surface area contributed by atoms with Gasteiger partial charge in [-0.2, -0.15) is 0 Å². The van der Waals surface area contributed by atoms with E-state index in [2.05, 4.69) is 4.72 Å². The van der Waals surface area contributed by atoms with Gasteiger partial charge in [0.25, 0.3) is 5.69 Å². The molecule has 1 N–H and O–H groups in total. The Labute approximate surface area is 125 Å². The Morgan fingerprint density at radius 2 is 2.05 bits per heavy atom. The van der Waals surface area contributed by atoms with Crippen molar-refractivity contribution in [1.82, 2.24) is 4.72 Å². The largest absolute Gasteiger partial charge is 0.289 e. The van der Waals surface area contributed by atoms with E-state index in [4.69, 9.17) is 11.6 Å². The lowest BCUT2D eigenvalue weighted by Gasteiger charge is -2.10. The lowest BCUT2D eigenvalue weighted by atomic mass is 10.3. The molecule has 1 heterocycles. The molecule has 1 atom stereocenters. The van der Waals surface area contributed by atoms with E-state index in [-0.39, 0.29) is 15.7 Å². The summed E-state index contributed by atoms with van der Waals surface area (Å²) in [6, 6.07) is 2.10. The van der Waals surface area contributed by atoms with Crippen LogP contribution >= 0.6 is 11.6 Å². The fraction of sp³-hybridized carbons (Fsp3) is 0.200. The van der Waals surface area contributed by atoms with Gasteiger partial charge in [-0.25, -0.2) is 21.6 Å². The molecule has 0 aliphatic carbocycles. The van der Waals surface area contributed by atoms with Gasteiger partial charge in [0, 0.05) is 11.5 Å². The Bertz CT molecular complexity index is 831. The van der Waals surface area contributed by atoms with Crippen LogP contribution < -0.4 is 4.72 Å². The average Bonchev–Trinajstić information content (AvgIpc) is 2.67. The quantitative estimate of drug-likeness (QED) is 0.632. The minimum absolute atomic E-state index is 0.192. The molecule has 1 aromatic carbocycles. The van der Waals surface area contributed by atoms with Crippen LogP contribution in [0.5, 0.6) is 0 Å². The highest BCUT2D eigenvalue weighted by molar-refractivity contribution is 7.94. The van der Waals surface area contributed by atoms with Gasteiger partial charge in [0.05, 0.1) is 21.6 Å². The molecule has 2 rings (SSSR count). The normalized spacial score (nSPS) is 20.5. The predicted molar refractivity (Wildman–Crippen MR) is 75.1 cm³/mol. The zero-order valence-electron chi connectivity index (χ0n) is 10.3. The molecular formula is C10H9ClN2O6S2. The number of benzene rings is 1. The molecule has 0 fully saturated rings. The number of nitrogens with one attached hydrogen (secondary N) is 1. The second-order valence-corrected chi connectivity index (χ2v) is 8.31. The van der Waals surface area contributed by atoms with Gasteiger partial charge in [-0.3, -0.25) is 10.1 Å². The first kappa shape index (κ1) is 15.9. The van der Waals surface area contributed by atoms with Crippen LogP contribution in [0.3, 0.4) is 0 Å². The minimum Gasteiger partial charge on any atom is -0.258 e. The van der Waals surface area contributed by atoms with Crippen LogP contribution in [0.15, 0.2) is 34.6 Å². The number of hydrogen-bond acceptors (Lipinski definition) is 6. The zero-order valence-corrected chi connectivity index (χ0v) is 12.7. The van der Waals surface area contributed by atoms with Crippen molar-refractivity contribution in [3.63, 3.8) is 0 Å². The van der Waals surface area contributed by atoms with E-state index < -0.39 is 36.5 Å². The van der Waals surface area contributed by atoms with E-state index in [0.717, 1.165) is 23.6 Å². The van der Waals surface area contributed by atoms with Crippen LogP contribution in [0.4, 0.5) is 5.69 Å². The van der Waals surface area contributed by atoms with Gasteiger partial charge in [-0.05, 0) is 12.1 Å². The van der Waals surface area contributed by atoms with Crippen molar-refractivity contribution < 1.29 is 21.8 Å². The van der Waals surface area contributed by atoms with Crippen LogP contribution in [0, 0.1) is 10.1 Å². The molecule has 11 heteroatoms. The zero-order chi connectivity index (χ0) is 15.8. The summed E-state index contributed by atoms with van der Waals surface area (Å²) >= 11 is 5.60. The summed E-state index contributed by atoms with van der Waals surface area (Å²) in [7, 11) is -7.51. The number of nitrogens with zero attached hydrogens (tertiary/aromatic N) is 1. The first-order valence-corrected chi connectivity index (χ1v) is 9.06. The Morgan fingerprint density at radius 3 is 2.57 bits per heavy atom. The topological polar surface area (TPSA) is 123 Å². The summed E-state index contributed by atoms with van der Waals surface area (Å²) < 4.78 is 48.8. The summed E-state index contributed by atoms with van der Waals surface area (Å²) in [5.74, 6) is -0.387. The lowest BCUT2D eigenvalue weighted by molar-refractivity contribution is -0.384. The van der Waals surface area contributed by atoms with Crippen molar-refractivity contribution in [2.24, 2.45) is 0 Å². The number of sulfonamides is 1.